The van der Waals surface area contributed by atoms with Crippen LogP contribution in [0.2, 0.25) is 0 Å². The molecular formula is C20H20N4O. The van der Waals surface area contributed by atoms with Crippen LogP contribution in [0.25, 0.3) is 0 Å². The minimum Gasteiger partial charge on any atom is -0.366 e. The van der Waals surface area contributed by atoms with Gasteiger partial charge >= 0.3 is 0 Å². The van der Waals surface area contributed by atoms with Crippen LogP contribution in [-0.2, 0) is 6.54 Å². The number of anilines is 1. The Balaban J connectivity index is 1.63. The number of benzene rings is 2. The number of carbonyl (C=O) groups excluding carboxylic acids is 1. The topological polar surface area (TPSA) is 66.9 Å². The van der Waals surface area contributed by atoms with Gasteiger partial charge in [-0.05, 0) is 18.1 Å². The molecule has 25 heavy (non-hydrogen) atoms. The SMILES string of the molecule is CC(NC(=O)c1cc(NCc2ccccc2)ncn1)c1ccccc1. The van der Waals surface area contributed by atoms with Gasteiger partial charge < -0.3 is 10.6 Å². The number of carbonyl (C=O) groups is 1. The molecule has 0 aliphatic rings. The molecule has 1 amide bonds. The molecule has 0 fully saturated rings. The summed E-state index contributed by atoms with van der Waals surface area (Å²) in [6.45, 7) is 2.59. The van der Waals surface area contributed by atoms with E-state index in [-0.39, 0.29) is 11.9 Å². The lowest BCUT2D eigenvalue weighted by Crippen LogP contribution is -2.27. The summed E-state index contributed by atoms with van der Waals surface area (Å²) in [5, 5.41) is 6.17. The van der Waals surface area contributed by atoms with Gasteiger partial charge in [-0.25, -0.2) is 9.97 Å². The lowest BCUT2D eigenvalue weighted by Gasteiger charge is -2.14. The second kappa shape index (κ2) is 8.06. The molecule has 0 saturated heterocycles. The van der Waals surface area contributed by atoms with Gasteiger partial charge in [-0.3, -0.25) is 4.79 Å². The van der Waals surface area contributed by atoms with Crippen LogP contribution in [0.3, 0.4) is 0 Å². The van der Waals surface area contributed by atoms with E-state index in [2.05, 4.69) is 20.6 Å². The molecule has 1 heterocycles. The van der Waals surface area contributed by atoms with Crippen LogP contribution in [0, 0.1) is 0 Å². The van der Waals surface area contributed by atoms with E-state index in [1.165, 1.54) is 6.33 Å². The van der Waals surface area contributed by atoms with E-state index in [1.54, 1.807) is 6.07 Å². The van der Waals surface area contributed by atoms with Crippen molar-refractivity contribution in [1.82, 2.24) is 15.3 Å². The summed E-state index contributed by atoms with van der Waals surface area (Å²) in [4.78, 5) is 20.7. The quantitative estimate of drug-likeness (QED) is 0.724. The van der Waals surface area contributed by atoms with Crippen molar-refractivity contribution in [2.45, 2.75) is 19.5 Å². The van der Waals surface area contributed by atoms with E-state index >= 15 is 0 Å². The zero-order chi connectivity index (χ0) is 17.5. The van der Waals surface area contributed by atoms with Crippen LogP contribution >= 0.6 is 0 Å². The molecule has 1 unspecified atom stereocenters. The molecule has 0 saturated carbocycles. The van der Waals surface area contributed by atoms with E-state index in [0.717, 1.165) is 11.1 Å². The molecule has 0 bridgehead atoms. The third kappa shape index (κ3) is 4.64. The van der Waals surface area contributed by atoms with E-state index in [1.807, 2.05) is 67.6 Å². The Kier molecular flexibility index (Phi) is 5.36. The van der Waals surface area contributed by atoms with Gasteiger partial charge in [0, 0.05) is 12.6 Å². The summed E-state index contributed by atoms with van der Waals surface area (Å²) in [7, 11) is 0. The molecule has 1 aromatic heterocycles. The van der Waals surface area contributed by atoms with Crippen LogP contribution < -0.4 is 10.6 Å². The second-order valence-corrected chi connectivity index (χ2v) is 5.73. The first-order valence-electron chi connectivity index (χ1n) is 8.18. The molecule has 3 aromatic rings. The van der Waals surface area contributed by atoms with Crippen molar-refractivity contribution < 1.29 is 4.79 Å². The molecule has 2 N–H and O–H groups in total. The van der Waals surface area contributed by atoms with Gasteiger partial charge in [-0.1, -0.05) is 60.7 Å². The maximum Gasteiger partial charge on any atom is 0.270 e. The fourth-order valence-electron chi connectivity index (χ4n) is 2.46. The zero-order valence-electron chi connectivity index (χ0n) is 14.0. The Hall–Kier alpha value is -3.21. The number of hydrogen-bond donors (Lipinski definition) is 2. The van der Waals surface area contributed by atoms with Crippen LogP contribution in [0.15, 0.2) is 73.1 Å². The van der Waals surface area contributed by atoms with Crippen molar-refractivity contribution in [2.75, 3.05) is 5.32 Å². The number of aromatic nitrogens is 2. The molecule has 126 valence electrons. The Morgan fingerprint density at radius 1 is 1.00 bits per heavy atom. The Morgan fingerprint density at radius 3 is 2.40 bits per heavy atom. The summed E-state index contributed by atoms with van der Waals surface area (Å²) in [5.74, 6) is 0.401. The summed E-state index contributed by atoms with van der Waals surface area (Å²) in [6, 6.07) is 21.4. The molecule has 1 atom stereocenters. The molecule has 0 aliphatic heterocycles. The van der Waals surface area contributed by atoms with Gasteiger partial charge in [0.05, 0.1) is 6.04 Å². The summed E-state index contributed by atoms with van der Waals surface area (Å²) in [5.41, 5.74) is 2.53. The van der Waals surface area contributed by atoms with Crippen LogP contribution in [0.4, 0.5) is 5.82 Å². The summed E-state index contributed by atoms with van der Waals surface area (Å²) < 4.78 is 0. The molecule has 0 radical (unpaired) electrons. The number of hydrogen-bond acceptors (Lipinski definition) is 4. The van der Waals surface area contributed by atoms with E-state index in [0.29, 0.717) is 18.1 Å². The van der Waals surface area contributed by atoms with E-state index in [4.69, 9.17) is 0 Å². The summed E-state index contributed by atoms with van der Waals surface area (Å²) in [6.07, 6.45) is 1.40. The molecular weight excluding hydrogens is 312 g/mol. The minimum absolute atomic E-state index is 0.0932. The van der Waals surface area contributed by atoms with Crippen LogP contribution in [-0.4, -0.2) is 15.9 Å². The largest absolute Gasteiger partial charge is 0.366 e. The highest BCUT2D eigenvalue weighted by Crippen LogP contribution is 2.13. The van der Waals surface area contributed by atoms with Crippen molar-refractivity contribution >= 4 is 11.7 Å². The fraction of sp³-hybridized carbons (Fsp3) is 0.150. The van der Waals surface area contributed by atoms with E-state index in [9.17, 15) is 4.79 Å². The molecule has 2 aromatic carbocycles. The van der Waals surface area contributed by atoms with E-state index < -0.39 is 0 Å². The van der Waals surface area contributed by atoms with Crippen molar-refractivity contribution in [3.63, 3.8) is 0 Å². The van der Waals surface area contributed by atoms with Gasteiger partial charge in [0.25, 0.3) is 5.91 Å². The molecule has 0 aliphatic carbocycles. The number of nitrogens with zero attached hydrogens (tertiary/aromatic N) is 2. The Labute approximate surface area is 147 Å². The highest BCUT2D eigenvalue weighted by Gasteiger charge is 2.13. The smallest absolute Gasteiger partial charge is 0.270 e. The fourth-order valence-corrected chi connectivity index (χ4v) is 2.46. The normalized spacial score (nSPS) is 11.6. The molecule has 3 rings (SSSR count). The highest BCUT2D eigenvalue weighted by atomic mass is 16.1. The number of rotatable bonds is 6. The van der Waals surface area contributed by atoms with Crippen LogP contribution in [0.1, 0.15) is 34.6 Å². The maximum atomic E-state index is 12.4. The van der Waals surface area contributed by atoms with Gasteiger partial charge in [0.15, 0.2) is 0 Å². The average molecular weight is 332 g/mol. The molecule has 5 heteroatoms. The van der Waals surface area contributed by atoms with Crippen molar-refractivity contribution in [3.05, 3.63) is 89.9 Å². The van der Waals surface area contributed by atoms with Gasteiger partial charge in [0.1, 0.15) is 17.8 Å². The zero-order valence-corrected chi connectivity index (χ0v) is 14.0. The third-order valence-corrected chi connectivity index (χ3v) is 3.86. The van der Waals surface area contributed by atoms with Gasteiger partial charge in [-0.15, -0.1) is 0 Å². The predicted molar refractivity (Wildman–Crippen MR) is 98.1 cm³/mol. The molecule has 5 nitrogen and oxygen atoms in total. The van der Waals surface area contributed by atoms with Crippen molar-refractivity contribution in [1.29, 1.82) is 0 Å². The number of amides is 1. The van der Waals surface area contributed by atoms with Gasteiger partial charge in [-0.2, -0.15) is 0 Å². The van der Waals surface area contributed by atoms with Gasteiger partial charge in [0.2, 0.25) is 0 Å². The Morgan fingerprint density at radius 2 is 1.68 bits per heavy atom. The highest BCUT2D eigenvalue weighted by molar-refractivity contribution is 5.93. The number of nitrogens with one attached hydrogen (secondary N) is 2. The van der Waals surface area contributed by atoms with Crippen LogP contribution in [0.5, 0.6) is 0 Å². The monoisotopic (exact) mass is 332 g/mol. The first-order valence-corrected chi connectivity index (χ1v) is 8.18. The maximum absolute atomic E-state index is 12.4. The first-order chi connectivity index (χ1) is 12.2. The minimum atomic E-state index is -0.221. The molecule has 0 spiro atoms. The van der Waals surface area contributed by atoms with Crippen molar-refractivity contribution in [3.8, 4) is 0 Å². The standard InChI is InChI=1S/C20H20N4O/c1-15(17-10-6-3-7-11-17)24-20(25)18-12-19(23-14-22-18)21-13-16-8-4-2-5-9-16/h2-12,14-15H,13H2,1H3,(H,24,25)(H,21,22,23). The summed E-state index contributed by atoms with van der Waals surface area (Å²) >= 11 is 0. The lowest BCUT2D eigenvalue weighted by atomic mass is 10.1. The third-order valence-electron chi connectivity index (χ3n) is 3.86. The predicted octanol–water partition coefficient (Wildman–Crippen LogP) is 3.58. The Bertz CT molecular complexity index is 821. The lowest BCUT2D eigenvalue weighted by molar-refractivity contribution is 0.0934. The average Bonchev–Trinajstić information content (AvgIpc) is 2.68. The van der Waals surface area contributed by atoms with Crippen molar-refractivity contribution in [2.24, 2.45) is 0 Å². The second-order valence-electron chi connectivity index (χ2n) is 5.73. The first kappa shape index (κ1) is 16.6.